The van der Waals surface area contributed by atoms with Gasteiger partial charge in [0.2, 0.25) is 0 Å². The quantitative estimate of drug-likeness (QED) is 0.693. The highest BCUT2D eigenvalue weighted by Gasteiger charge is 2.33. The van der Waals surface area contributed by atoms with E-state index in [0.717, 1.165) is 12.3 Å². The van der Waals surface area contributed by atoms with Crippen molar-refractivity contribution >= 4 is 27.6 Å². The Morgan fingerprint density at radius 1 is 1.52 bits per heavy atom. The van der Waals surface area contributed by atoms with Crippen molar-refractivity contribution in [2.45, 2.75) is 6.10 Å². The molecule has 0 saturated carbocycles. The summed E-state index contributed by atoms with van der Waals surface area (Å²) in [4.78, 5) is 13.0. The normalized spacial score (nSPS) is 18.1. The molecular formula is C13H17FN2O6S. The first-order chi connectivity index (χ1) is 10.8. The number of halogens is 1. The molecule has 0 aromatic heterocycles. The largest absolute Gasteiger partial charge is 0.441 e. The molecule has 1 aromatic carbocycles. The number of anilines is 2. The van der Waals surface area contributed by atoms with Crippen molar-refractivity contribution in [1.82, 2.24) is 0 Å². The molecule has 10 heteroatoms. The number of amides is 1. The van der Waals surface area contributed by atoms with Crippen LogP contribution in [0, 0.1) is 5.82 Å². The van der Waals surface area contributed by atoms with Gasteiger partial charge in [-0.05, 0) is 18.2 Å². The maximum atomic E-state index is 13.9. The third kappa shape index (κ3) is 4.78. The molecule has 0 radical (unpaired) electrons. The van der Waals surface area contributed by atoms with E-state index < -0.39 is 28.1 Å². The van der Waals surface area contributed by atoms with Gasteiger partial charge in [-0.15, -0.1) is 0 Å². The number of aliphatic hydroxyl groups excluding tert-OH is 1. The van der Waals surface area contributed by atoms with Crippen LogP contribution >= 0.6 is 0 Å². The maximum absolute atomic E-state index is 13.9. The van der Waals surface area contributed by atoms with Crippen molar-refractivity contribution in [3.05, 3.63) is 24.0 Å². The number of aliphatic hydroxyl groups is 1. The lowest BCUT2D eigenvalue weighted by molar-refractivity contribution is 0.107. The van der Waals surface area contributed by atoms with Crippen molar-refractivity contribution in [1.29, 1.82) is 0 Å². The number of ether oxygens (including phenoxy) is 1. The smallest absolute Gasteiger partial charge is 0.414 e. The highest BCUT2D eigenvalue weighted by molar-refractivity contribution is 7.85. The first kappa shape index (κ1) is 17.4. The lowest BCUT2D eigenvalue weighted by Gasteiger charge is -2.14. The number of hydrogen-bond acceptors (Lipinski definition) is 7. The molecule has 1 heterocycles. The topological polar surface area (TPSA) is 105 Å². The van der Waals surface area contributed by atoms with Crippen LogP contribution in [0.5, 0.6) is 0 Å². The summed E-state index contributed by atoms with van der Waals surface area (Å²) in [6.45, 7) is -0.175. The van der Waals surface area contributed by atoms with Gasteiger partial charge in [0.15, 0.2) is 0 Å². The lowest BCUT2D eigenvalue weighted by Crippen LogP contribution is -2.26. The first-order valence-corrected chi connectivity index (χ1v) is 8.58. The van der Waals surface area contributed by atoms with Gasteiger partial charge in [-0.2, -0.15) is 8.42 Å². The highest BCUT2D eigenvalue weighted by Crippen LogP contribution is 2.26. The number of rotatable bonds is 7. The number of carbonyl (C=O) groups is 1. The van der Waals surface area contributed by atoms with Crippen molar-refractivity contribution in [3.63, 3.8) is 0 Å². The first-order valence-electron chi connectivity index (χ1n) is 6.77. The minimum absolute atomic E-state index is 0.0528. The van der Waals surface area contributed by atoms with Gasteiger partial charge in [0, 0.05) is 6.54 Å². The molecule has 0 aliphatic carbocycles. The Morgan fingerprint density at radius 3 is 2.87 bits per heavy atom. The molecule has 0 spiro atoms. The van der Waals surface area contributed by atoms with E-state index in [1.165, 1.54) is 17.0 Å². The number of cyclic esters (lactones) is 1. The summed E-state index contributed by atoms with van der Waals surface area (Å²) in [6, 6.07) is 4.11. The fourth-order valence-electron chi connectivity index (χ4n) is 2.02. The summed E-state index contributed by atoms with van der Waals surface area (Å²) in [6.07, 6.45) is -0.565. The standard InChI is InChI=1S/C13H17FN2O6S/c1-23(19,20)21-8-10-7-16(13(18)22-10)9-2-3-12(11(14)6-9)15-4-5-17/h2-3,6,10,15,17H,4-5,7-8H2,1H3/t10-/m1/s1. The predicted molar refractivity (Wildman–Crippen MR) is 80.4 cm³/mol. The molecule has 1 atom stereocenters. The Morgan fingerprint density at radius 2 is 2.26 bits per heavy atom. The fraction of sp³-hybridized carbons (Fsp3) is 0.462. The predicted octanol–water partition coefficient (Wildman–Crippen LogP) is 0.531. The third-order valence-electron chi connectivity index (χ3n) is 3.03. The summed E-state index contributed by atoms with van der Waals surface area (Å²) in [7, 11) is -3.63. The van der Waals surface area contributed by atoms with Crippen molar-refractivity contribution in [2.24, 2.45) is 0 Å². The third-order valence-corrected chi connectivity index (χ3v) is 3.60. The average molecular weight is 348 g/mol. The summed E-state index contributed by atoms with van der Waals surface area (Å²) >= 11 is 0. The second-order valence-electron chi connectivity index (χ2n) is 4.92. The summed E-state index contributed by atoms with van der Waals surface area (Å²) in [5.41, 5.74) is 0.483. The van der Waals surface area contributed by atoms with Gasteiger partial charge < -0.3 is 15.2 Å². The van der Waals surface area contributed by atoms with E-state index in [4.69, 9.17) is 9.84 Å². The maximum Gasteiger partial charge on any atom is 0.414 e. The van der Waals surface area contributed by atoms with Gasteiger partial charge in [-0.3, -0.25) is 9.08 Å². The van der Waals surface area contributed by atoms with Crippen LogP contribution in [0.1, 0.15) is 0 Å². The number of benzene rings is 1. The molecule has 0 bridgehead atoms. The Hall–Kier alpha value is -1.91. The van der Waals surface area contributed by atoms with Gasteiger partial charge in [-0.25, -0.2) is 9.18 Å². The van der Waals surface area contributed by atoms with Crippen LogP contribution < -0.4 is 10.2 Å². The molecule has 1 aromatic rings. The molecule has 1 fully saturated rings. The minimum atomic E-state index is -3.63. The molecule has 0 unspecified atom stereocenters. The SMILES string of the molecule is CS(=O)(=O)OC[C@H]1CN(c2ccc(NCCO)c(F)c2)C(=O)O1. The van der Waals surface area contributed by atoms with Crippen LogP contribution in [-0.4, -0.2) is 58.3 Å². The fourth-order valence-corrected chi connectivity index (χ4v) is 2.42. The molecule has 1 aliphatic heterocycles. The van der Waals surface area contributed by atoms with Crippen LogP contribution in [0.4, 0.5) is 20.6 Å². The van der Waals surface area contributed by atoms with Gasteiger partial charge in [0.1, 0.15) is 18.5 Å². The van der Waals surface area contributed by atoms with E-state index in [2.05, 4.69) is 9.50 Å². The Kier molecular flexibility index (Phi) is 5.39. The van der Waals surface area contributed by atoms with Gasteiger partial charge in [0.05, 0.1) is 30.8 Å². The number of hydrogen-bond donors (Lipinski definition) is 2. The molecule has 1 amide bonds. The molecule has 1 saturated heterocycles. The molecule has 2 rings (SSSR count). The molecular weight excluding hydrogens is 331 g/mol. The number of nitrogens with one attached hydrogen (secondary N) is 1. The van der Waals surface area contributed by atoms with Crippen molar-refractivity contribution in [3.8, 4) is 0 Å². The molecule has 1 aliphatic rings. The second-order valence-corrected chi connectivity index (χ2v) is 6.56. The average Bonchev–Trinajstić information content (AvgIpc) is 2.84. The van der Waals surface area contributed by atoms with Crippen LogP contribution in [-0.2, 0) is 19.0 Å². The molecule has 23 heavy (non-hydrogen) atoms. The Balaban J connectivity index is 2.04. The molecule has 8 nitrogen and oxygen atoms in total. The monoisotopic (exact) mass is 348 g/mol. The molecule has 128 valence electrons. The van der Waals surface area contributed by atoms with E-state index in [0.29, 0.717) is 0 Å². The Labute approximate surface area is 132 Å². The van der Waals surface area contributed by atoms with E-state index in [1.54, 1.807) is 0 Å². The molecule has 2 N–H and O–H groups in total. The summed E-state index contributed by atoms with van der Waals surface area (Å²) in [5.74, 6) is -0.584. The second kappa shape index (κ2) is 7.11. The van der Waals surface area contributed by atoms with E-state index >= 15 is 0 Å². The summed E-state index contributed by atoms with van der Waals surface area (Å²) in [5, 5.41) is 11.4. The van der Waals surface area contributed by atoms with Crippen LogP contribution in [0.2, 0.25) is 0 Å². The van der Waals surface area contributed by atoms with Crippen molar-refractivity contribution < 1.29 is 31.6 Å². The van der Waals surface area contributed by atoms with E-state index in [9.17, 15) is 17.6 Å². The van der Waals surface area contributed by atoms with Crippen LogP contribution in [0.25, 0.3) is 0 Å². The highest BCUT2D eigenvalue weighted by atomic mass is 32.2. The minimum Gasteiger partial charge on any atom is -0.441 e. The van der Waals surface area contributed by atoms with Gasteiger partial charge in [-0.1, -0.05) is 0 Å². The zero-order valence-corrected chi connectivity index (χ0v) is 13.2. The van der Waals surface area contributed by atoms with Crippen LogP contribution in [0.15, 0.2) is 18.2 Å². The number of carbonyl (C=O) groups excluding carboxylic acids is 1. The number of nitrogens with zero attached hydrogens (tertiary/aromatic N) is 1. The zero-order chi connectivity index (χ0) is 17.0. The zero-order valence-electron chi connectivity index (χ0n) is 12.4. The summed E-state index contributed by atoms with van der Waals surface area (Å²) < 4.78 is 45.4. The van der Waals surface area contributed by atoms with E-state index in [-0.39, 0.29) is 37.7 Å². The van der Waals surface area contributed by atoms with Gasteiger partial charge in [0.25, 0.3) is 10.1 Å². The van der Waals surface area contributed by atoms with Crippen LogP contribution in [0.3, 0.4) is 0 Å². The lowest BCUT2D eigenvalue weighted by atomic mass is 10.2. The van der Waals surface area contributed by atoms with E-state index in [1.807, 2.05) is 0 Å². The Bertz CT molecular complexity index is 681. The van der Waals surface area contributed by atoms with Gasteiger partial charge >= 0.3 is 6.09 Å². The van der Waals surface area contributed by atoms with Crippen molar-refractivity contribution in [2.75, 3.05) is 42.8 Å².